The first kappa shape index (κ1) is 24.4. The molecular weight excluding hydrogens is 288 g/mol. The Balaban J connectivity index is 0. The zero-order valence-corrected chi connectivity index (χ0v) is 14.7. The van der Waals surface area contributed by atoms with Crippen LogP contribution in [0.1, 0.15) is 59.6 Å². The highest BCUT2D eigenvalue weighted by molar-refractivity contribution is 5.33. The first-order chi connectivity index (χ1) is 10.5. The van der Waals surface area contributed by atoms with Crippen molar-refractivity contribution in [2.24, 2.45) is 5.92 Å². The van der Waals surface area contributed by atoms with Gasteiger partial charge in [0.2, 0.25) is 0 Å². The van der Waals surface area contributed by atoms with E-state index in [-0.39, 0.29) is 14.9 Å². The molecule has 0 saturated heterocycles. The number of aryl methyl sites for hydroxylation is 2. The second kappa shape index (κ2) is 12.6. The van der Waals surface area contributed by atoms with Gasteiger partial charge in [-0.05, 0) is 50.2 Å². The molecule has 1 aliphatic carbocycles. The van der Waals surface area contributed by atoms with E-state index in [0.29, 0.717) is 5.92 Å². The van der Waals surface area contributed by atoms with Crippen molar-refractivity contribution in [3.8, 4) is 0 Å². The van der Waals surface area contributed by atoms with E-state index in [2.05, 4.69) is 77.3 Å². The van der Waals surface area contributed by atoms with Crippen LogP contribution < -0.4 is 0 Å². The highest BCUT2D eigenvalue weighted by atomic mass is 14.2. The highest BCUT2D eigenvalue weighted by Crippen LogP contribution is 2.28. The van der Waals surface area contributed by atoms with Crippen molar-refractivity contribution in [1.29, 1.82) is 0 Å². The largest absolute Gasteiger partial charge is 0.0998 e. The van der Waals surface area contributed by atoms with E-state index < -0.39 is 0 Å². The third kappa shape index (κ3) is 8.72. The smallest absolute Gasteiger partial charge is 0.0111 e. The van der Waals surface area contributed by atoms with Gasteiger partial charge >= 0.3 is 0 Å². The fourth-order valence-corrected chi connectivity index (χ4v) is 2.57. The molecule has 0 bridgehead atoms. The summed E-state index contributed by atoms with van der Waals surface area (Å²) in [6.45, 7) is 16.3. The van der Waals surface area contributed by atoms with E-state index in [1.165, 1.54) is 27.8 Å². The minimum Gasteiger partial charge on any atom is -0.0998 e. The monoisotopic (exact) mass is 326 g/mol. The van der Waals surface area contributed by atoms with Gasteiger partial charge in [-0.15, -0.1) is 0 Å². The lowest BCUT2D eigenvalue weighted by Gasteiger charge is -2.19. The van der Waals surface area contributed by atoms with Gasteiger partial charge in [0.15, 0.2) is 0 Å². The van der Waals surface area contributed by atoms with Crippen LogP contribution >= 0.6 is 0 Å². The Morgan fingerprint density at radius 1 is 1.17 bits per heavy atom. The van der Waals surface area contributed by atoms with Gasteiger partial charge in [-0.1, -0.05) is 101 Å². The minimum atomic E-state index is 0. The molecule has 0 heteroatoms. The second-order valence-electron chi connectivity index (χ2n) is 6.27. The summed E-state index contributed by atoms with van der Waals surface area (Å²) in [7, 11) is 0. The summed E-state index contributed by atoms with van der Waals surface area (Å²) in [5, 5.41) is 0. The highest BCUT2D eigenvalue weighted by Gasteiger charge is 2.12. The van der Waals surface area contributed by atoms with Gasteiger partial charge in [-0.3, -0.25) is 0 Å². The summed E-state index contributed by atoms with van der Waals surface area (Å²) in [5.41, 5.74) is 6.85. The molecule has 1 unspecified atom stereocenters. The van der Waals surface area contributed by atoms with Crippen LogP contribution in [0, 0.1) is 12.8 Å². The molecule has 24 heavy (non-hydrogen) atoms. The molecule has 0 fully saturated rings. The Labute approximate surface area is 151 Å². The maximum Gasteiger partial charge on any atom is -0.0111 e. The first-order valence-electron chi connectivity index (χ1n) is 8.18. The predicted octanol–water partition coefficient (Wildman–Crippen LogP) is 7.86. The summed E-state index contributed by atoms with van der Waals surface area (Å²) >= 11 is 0. The van der Waals surface area contributed by atoms with Crippen molar-refractivity contribution >= 4 is 0 Å². The molecule has 1 atom stereocenters. The van der Waals surface area contributed by atoms with Crippen LogP contribution in [-0.2, 0) is 6.42 Å². The van der Waals surface area contributed by atoms with Crippen molar-refractivity contribution in [2.45, 2.75) is 61.8 Å². The van der Waals surface area contributed by atoms with Crippen LogP contribution in [0.5, 0.6) is 0 Å². The van der Waals surface area contributed by atoms with E-state index in [4.69, 9.17) is 0 Å². The molecule has 0 spiro atoms. The Kier molecular flexibility index (Phi) is 12.8. The van der Waals surface area contributed by atoms with Crippen molar-refractivity contribution < 1.29 is 0 Å². The Bertz CT molecular complexity index is 552. The lowest BCUT2D eigenvalue weighted by molar-refractivity contribution is 0.666. The molecule has 0 heterocycles. The first-order valence-corrected chi connectivity index (χ1v) is 8.18. The van der Waals surface area contributed by atoms with Gasteiger partial charge in [-0.2, -0.15) is 0 Å². The molecule has 0 N–H and O–H groups in total. The minimum absolute atomic E-state index is 0. The summed E-state index contributed by atoms with van der Waals surface area (Å²) in [6, 6.07) is 8.66. The zero-order chi connectivity index (χ0) is 16.5. The molecule has 0 saturated carbocycles. The SMILES string of the molecule is C.C.C=CC1=CC=C(CC(=C)C)CC1C.CCc1ccc(C)cc1. The molecule has 0 aliphatic heterocycles. The van der Waals surface area contributed by atoms with Gasteiger partial charge in [-0.25, -0.2) is 0 Å². The Hall–Kier alpha value is -1.82. The zero-order valence-electron chi connectivity index (χ0n) is 14.7. The molecule has 0 amide bonds. The van der Waals surface area contributed by atoms with E-state index in [0.717, 1.165) is 19.3 Å². The number of hydrogen-bond donors (Lipinski definition) is 0. The molecule has 0 radical (unpaired) electrons. The van der Waals surface area contributed by atoms with Gasteiger partial charge in [0.05, 0.1) is 0 Å². The van der Waals surface area contributed by atoms with Gasteiger partial charge in [0.25, 0.3) is 0 Å². The van der Waals surface area contributed by atoms with Crippen molar-refractivity contribution in [3.63, 3.8) is 0 Å². The predicted molar refractivity (Wildman–Crippen MR) is 114 cm³/mol. The lowest BCUT2D eigenvalue weighted by atomic mass is 9.86. The average Bonchev–Trinajstić information content (AvgIpc) is 2.48. The molecule has 1 aromatic carbocycles. The van der Waals surface area contributed by atoms with Gasteiger partial charge in [0.1, 0.15) is 0 Å². The lowest BCUT2D eigenvalue weighted by Crippen LogP contribution is -2.03. The van der Waals surface area contributed by atoms with Crippen LogP contribution in [0.4, 0.5) is 0 Å². The third-order valence-corrected chi connectivity index (χ3v) is 3.94. The Morgan fingerprint density at radius 2 is 1.75 bits per heavy atom. The van der Waals surface area contributed by atoms with Crippen LogP contribution in [0.25, 0.3) is 0 Å². The summed E-state index contributed by atoms with van der Waals surface area (Å²) in [5.74, 6) is 0.622. The van der Waals surface area contributed by atoms with Gasteiger partial charge in [0, 0.05) is 0 Å². The van der Waals surface area contributed by atoms with Crippen molar-refractivity contribution in [3.05, 3.63) is 83.5 Å². The Morgan fingerprint density at radius 3 is 2.17 bits per heavy atom. The van der Waals surface area contributed by atoms with Crippen LogP contribution in [0.3, 0.4) is 0 Å². The van der Waals surface area contributed by atoms with E-state index in [9.17, 15) is 0 Å². The maximum atomic E-state index is 3.93. The standard InChI is InChI=1S/C13H18.C9H12.2CH4/c1-5-13-7-6-12(8-10(2)3)9-11(13)4;1-3-9-6-4-8(2)5-7-9;;/h5-7,11H,1-2,8-9H2,3-4H3;4-7H,3H2,1-2H3;2*1H4. The number of rotatable bonds is 4. The molecule has 0 nitrogen and oxygen atoms in total. The van der Waals surface area contributed by atoms with Crippen LogP contribution in [-0.4, -0.2) is 0 Å². The quantitative estimate of drug-likeness (QED) is 0.494. The molecule has 134 valence electrons. The van der Waals surface area contributed by atoms with Gasteiger partial charge < -0.3 is 0 Å². The van der Waals surface area contributed by atoms with E-state index in [1.54, 1.807) is 0 Å². The van der Waals surface area contributed by atoms with Crippen molar-refractivity contribution in [2.75, 3.05) is 0 Å². The van der Waals surface area contributed by atoms with E-state index >= 15 is 0 Å². The fourth-order valence-electron chi connectivity index (χ4n) is 2.57. The molecular formula is C24H38. The normalized spacial score (nSPS) is 15.4. The number of benzene rings is 1. The molecule has 0 aromatic heterocycles. The summed E-state index contributed by atoms with van der Waals surface area (Å²) in [6.07, 6.45) is 9.69. The number of allylic oxidation sites excluding steroid dienone is 6. The van der Waals surface area contributed by atoms with E-state index in [1.807, 2.05) is 6.08 Å². The third-order valence-electron chi connectivity index (χ3n) is 3.94. The topological polar surface area (TPSA) is 0 Å². The molecule has 2 rings (SSSR count). The summed E-state index contributed by atoms with van der Waals surface area (Å²) in [4.78, 5) is 0. The van der Waals surface area contributed by atoms with Crippen LogP contribution in [0.15, 0.2) is 72.4 Å². The second-order valence-corrected chi connectivity index (χ2v) is 6.27. The molecule has 1 aromatic rings. The summed E-state index contributed by atoms with van der Waals surface area (Å²) < 4.78 is 0. The maximum absolute atomic E-state index is 3.93. The molecule has 1 aliphatic rings. The fraction of sp³-hybridized carbons (Fsp3) is 0.417. The average molecular weight is 327 g/mol. The van der Waals surface area contributed by atoms with Crippen molar-refractivity contribution in [1.82, 2.24) is 0 Å². The van der Waals surface area contributed by atoms with Crippen LogP contribution in [0.2, 0.25) is 0 Å². The number of hydrogen-bond acceptors (Lipinski definition) is 0.